The number of nitrogens with zero attached hydrogens (tertiary/aromatic N) is 2. The van der Waals surface area contributed by atoms with Gasteiger partial charge in [-0.15, -0.1) is 0 Å². The van der Waals surface area contributed by atoms with Crippen LogP contribution in [0.25, 0.3) is 22.2 Å². The number of aliphatic hydroxyl groups is 2. The van der Waals surface area contributed by atoms with Gasteiger partial charge in [-0.2, -0.15) is 4.98 Å². The molecule has 0 spiro atoms. The molecule has 2 aliphatic rings. The SMILES string of the molecule is OC[C@H]1OC[C@H](Oc2nc3cc(-c4ccc(N5CCCC5)cc4)c(Cl)cc3[nH]2)C[C@@H]1O. The first-order chi connectivity index (χ1) is 15.1. The zero-order valence-corrected chi connectivity index (χ0v) is 17.9. The van der Waals surface area contributed by atoms with Crippen LogP contribution >= 0.6 is 11.6 Å². The van der Waals surface area contributed by atoms with Crippen molar-refractivity contribution < 1.29 is 19.7 Å². The number of hydrogen-bond donors (Lipinski definition) is 3. The number of rotatable bonds is 5. The van der Waals surface area contributed by atoms with E-state index in [9.17, 15) is 10.2 Å². The summed E-state index contributed by atoms with van der Waals surface area (Å²) in [4.78, 5) is 10.1. The largest absolute Gasteiger partial charge is 0.459 e. The quantitative estimate of drug-likeness (QED) is 0.560. The monoisotopic (exact) mass is 443 g/mol. The minimum absolute atomic E-state index is 0.210. The van der Waals surface area contributed by atoms with Crippen molar-refractivity contribution in [2.24, 2.45) is 0 Å². The number of fused-ring (bicyclic) bond motifs is 1. The lowest BCUT2D eigenvalue weighted by atomic mass is 10.0. The lowest BCUT2D eigenvalue weighted by molar-refractivity contribution is -0.131. The maximum absolute atomic E-state index is 10.0. The highest BCUT2D eigenvalue weighted by Gasteiger charge is 2.31. The molecular formula is C23H26ClN3O4. The van der Waals surface area contributed by atoms with Crippen LogP contribution in [0.4, 0.5) is 5.69 Å². The molecule has 0 aliphatic carbocycles. The van der Waals surface area contributed by atoms with Crippen molar-refractivity contribution >= 4 is 28.3 Å². The minimum atomic E-state index is -0.766. The second-order valence-corrected chi connectivity index (χ2v) is 8.64. The molecule has 2 aromatic carbocycles. The van der Waals surface area contributed by atoms with Crippen molar-refractivity contribution in [2.75, 3.05) is 31.2 Å². The fourth-order valence-electron chi connectivity index (χ4n) is 4.36. The molecule has 2 fully saturated rings. The third kappa shape index (κ3) is 4.23. The van der Waals surface area contributed by atoms with Gasteiger partial charge in [0.15, 0.2) is 0 Å². The van der Waals surface area contributed by atoms with Crippen molar-refractivity contribution in [2.45, 2.75) is 37.6 Å². The van der Waals surface area contributed by atoms with Gasteiger partial charge in [0.2, 0.25) is 0 Å². The topological polar surface area (TPSA) is 90.8 Å². The first-order valence-electron chi connectivity index (χ1n) is 10.7. The van der Waals surface area contributed by atoms with Crippen LogP contribution < -0.4 is 9.64 Å². The van der Waals surface area contributed by atoms with Gasteiger partial charge in [-0.05, 0) is 42.7 Å². The van der Waals surface area contributed by atoms with Gasteiger partial charge in [-0.1, -0.05) is 23.7 Å². The van der Waals surface area contributed by atoms with Crippen molar-refractivity contribution in [1.82, 2.24) is 9.97 Å². The van der Waals surface area contributed by atoms with E-state index in [1.807, 2.05) is 12.1 Å². The maximum Gasteiger partial charge on any atom is 0.294 e. The summed E-state index contributed by atoms with van der Waals surface area (Å²) in [5.41, 5.74) is 4.74. The molecule has 5 rings (SSSR count). The summed E-state index contributed by atoms with van der Waals surface area (Å²) in [7, 11) is 0. The lowest BCUT2D eigenvalue weighted by Gasteiger charge is -2.31. The number of hydrogen-bond acceptors (Lipinski definition) is 6. The molecule has 0 radical (unpaired) electrons. The van der Waals surface area contributed by atoms with E-state index in [0.717, 1.165) is 35.2 Å². The summed E-state index contributed by atoms with van der Waals surface area (Å²) in [6.45, 7) is 2.31. The zero-order valence-electron chi connectivity index (χ0n) is 17.1. The predicted octanol–water partition coefficient (Wildman–Crippen LogP) is 3.37. The Morgan fingerprint density at radius 2 is 1.97 bits per heavy atom. The lowest BCUT2D eigenvalue weighted by Crippen LogP contribution is -2.45. The molecular weight excluding hydrogens is 418 g/mol. The summed E-state index contributed by atoms with van der Waals surface area (Å²) >= 11 is 6.58. The highest BCUT2D eigenvalue weighted by atomic mass is 35.5. The van der Waals surface area contributed by atoms with Crippen LogP contribution in [0.2, 0.25) is 5.02 Å². The maximum atomic E-state index is 10.0. The van der Waals surface area contributed by atoms with Crippen LogP contribution in [0.3, 0.4) is 0 Å². The van der Waals surface area contributed by atoms with Crippen molar-refractivity contribution in [3.8, 4) is 17.1 Å². The average Bonchev–Trinajstić information content (AvgIpc) is 3.43. The van der Waals surface area contributed by atoms with Crippen LogP contribution in [0.15, 0.2) is 36.4 Å². The smallest absolute Gasteiger partial charge is 0.294 e. The Hall–Kier alpha value is -2.32. The highest BCUT2D eigenvalue weighted by molar-refractivity contribution is 6.34. The van der Waals surface area contributed by atoms with Gasteiger partial charge in [-0.3, -0.25) is 0 Å². The Morgan fingerprint density at radius 1 is 1.19 bits per heavy atom. The van der Waals surface area contributed by atoms with E-state index in [2.05, 4.69) is 39.1 Å². The Labute approximate surface area is 185 Å². The molecule has 7 nitrogen and oxygen atoms in total. The third-order valence-electron chi connectivity index (χ3n) is 6.09. The van der Waals surface area contributed by atoms with E-state index < -0.39 is 12.2 Å². The number of aromatic nitrogens is 2. The fraction of sp³-hybridized carbons (Fsp3) is 0.435. The first kappa shape index (κ1) is 20.6. The number of H-pyrrole nitrogens is 1. The molecule has 2 saturated heterocycles. The standard InChI is InChI=1S/C23H26ClN3O4/c24-18-11-20-19(25-23(26-20)31-16-9-21(29)22(12-28)30-13-16)10-17(18)14-3-5-15(6-4-14)27-7-1-2-8-27/h3-6,10-11,16,21-22,28-29H,1-2,7-9,12-13H2,(H,25,26)/t16-,21+,22-/m1/s1. The Bertz CT molecular complexity index is 1050. The molecule has 3 N–H and O–H groups in total. The molecule has 3 aromatic rings. The van der Waals surface area contributed by atoms with E-state index in [0.29, 0.717) is 17.5 Å². The van der Waals surface area contributed by atoms with Crippen molar-refractivity contribution in [3.63, 3.8) is 0 Å². The summed E-state index contributed by atoms with van der Waals surface area (Å²) in [6.07, 6.45) is 1.21. The number of nitrogens with one attached hydrogen (secondary N) is 1. The number of benzene rings is 2. The molecule has 3 heterocycles. The molecule has 2 aliphatic heterocycles. The molecule has 31 heavy (non-hydrogen) atoms. The second-order valence-electron chi connectivity index (χ2n) is 8.23. The van der Waals surface area contributed by atoms with Crippen LogP contribution in [-0.4, -0.2) is 64.8 Å². The first-order valence-corrected chi connectivity index (χ1v) is 11.1. The molecule has 164 valence electrons. The number of aromatic amines is 1. The Morgan fingerprint density at radius 3 is 2.68 bits per heavy atom. The van der Waals surface area contributed by atoms with E-state index in [4.69, 9.17) is 21.1 Å². The Balaban J connectivity index is 1.35. The third-order valence-corrected chi connectivity index (χ3v) is 6.40. The van der Waals surface area contributed by atoms with Crippen LogP contribution in [0.1, 0.15) is 19.3 Å². The van der Waals surface area contributed by atoms with E-state index in [1.54, 1.807) is 0 Å². The van der Waals surface area contributed by atoms with Crippen molar-refractivity contribution in [1.29, 1.82) is 0 Å². The van der Waals surface area contributed by atoms with Crippen LogP contribution in [-0.2, 0) is 4.74 Å². The van der Waals surface area contributed by atoms with Crippen LogP contribution in [0, 0.1) is 0 Å². The van der Waals surface area contributed by atoms with Crippen molar-refractivity contribution in [3.05, 3.63) is 41.4 Å². The molecule has 1 aromatic heterocycles. The van der Waals surface area contributed by atoms with Gasteiger partial charge < -0.3 is 29.6 Å². The summed E-state index contributed by atoms with van der Waals surface area (Å²) in [5.74, 6) is 0. The van der Waals surface area contributed by atoms with E-state index in [-0.39, 0.29) is 19.3 Å². The van der Waals surface area contributed by atoms with Gasteiger partial charge in [0.05, 0.1) is 35.4 Å². The molecule has 0 saturated carbocycles. The molecule has 0 unspecified atom stereocenters. The number of anilines is 1. The Kier molecular flexibility index (Phi) is 5.75. The summed E-state index contributed by atoms with van der Waals surface area (Å²) in [5, 5.41) is 19.9. The van der Waals surface area contributed by atoms with Gasteiger partial charge >= 0.3 is 0 Å². The number of aliphatic hydroxyl groups excluding tert-OH is 2. The number of imidazole rings is 1. The van der Waals surface area contributed by atoms with Gasteiger partial charge in [0.25, 0.3) is 6.01 Å². The van der Waals surface area contributed by atoms with Gasteiger partial charge in [0, 0.05) is 30.8 Å². The predicted molar refractivity (Wildman–Crippen MR) is 120 cm³/mol. The summed E-state index contributed by atoms with van der Waals surface area (Å²) in [6, 6.07) is 12.7. The fourth-order valence-corrected chi connectivity index (χ4v) is 4.63. The van der Waals surface area contributed by atoms with Gasteiger partial charge in [0.1, 0.15) is 12.2 Å². The molecule has 3 atom stereocenters. The van der Waals surface area contributed by atoms with Crippen LogP contribution in [0.5, 0.6) is 6.01 Å². The summed E-state index contributed by atoms with van der Waals surface area (Å²) < 4.78 is 11.3. The molecule has 0 bridgehead atoms. The normalized spacial score (nSPS) is 24.1. The number of halogens is 1. The van der Waals surface area contributed by atoms with E-state index >= 15 is 0 Å². The van der Waals surface area contributed by atoms with E-state index in [1.165, 1.54) is 18.5 Å². The average molecular weight is 444 g/mol. The molecule has 8 heteroatoms. The highest BCUT2D eigenvalue weighted by Crippen LogP contribution is 2.34. The molecule has 0 amide bonds. The second kappa shape index (κ2) is 8.67. The number of ether oxygens (including phenoxy) is 2. The zero-order chi connectivity index (χ0) is 21.4. The minimum Gasteiger partial charge on any atom is -0.459 e. The van der Waals surface area contributed by atoms with Gasteiger partial charge in [-0.25, -0.2) is 0 Å².